The number of nitrogens with zero attached hydrogens (tertiary/aromatic N) is 3. The lowest BCUT2D eigenvalue weighted by molar-refractivity contribution is 0.107. The lowest BCUT2D eigenvalue weighted by Crippen LogP contribution is -2.33. The number of carbonyl (C=O) groups is 1. The van der Waals surface area contributed by atoms with Gasteiger partial charge in [-0.3, -0.25) is 4.79 Å². The lowest BCUT2D eigenvalue weighted by Gasteiger charge is -2.24. The molecule has 0 radical (unpaired) electrons. The number of halogens is 1. The summed E-state index contributed by atoms with van der Waals surface area (Å²) in [5.41, 5.74) is 7.73. The summed E-state index contributed by atoms with van der Waals surface area (Å²) in [5, 5.41) is 7.34. The van der Waals surface area contributed by atoms with Crippen LogP contribution in [0.1, 0.15) is 47.8 Å². The van der Waals surface area contributed by atoms with Crippen LogP contribution in [0.25, 0.3) is 5.65 Å². The van der Waals surface area contributed by atoms with Gasteiger partial charge in [-0.2, -0.15) is 5.10 Å². The molecule has 1 aromatic carbocycles. The van der Waals surface area contributed by atoms with Crippen LogP contribution in [0.15, 0.2) is 30.6 Å². The molecule has 0 bridgehead atoms. The maximum absolute atomic E-state index is 14.3. The van der Waals surface area contributed by atoms with Crippen molar-refractivity contribution in [3.05, 3.63) is 53.1 Å². The summed E-state index contributed by atoms with van der Waals surface area (Å²) in [5.74, 6) is 0.964. The highest BCUT2D eigenvalue weighted by Gasteiger charge is 2.36. The van der Waals surface area contributed by atoms with E-state index in [-0.39, 0.29) is 11.9 Å². The minimum atomic E-state index is -0.424. The number of fused-ring (bicyclic) bond motifs is 2. The minimum absolute atomic E-state index is 0.262. The summed E-state index contributed by atoms with van der Waals surface area (Å²) >= 11 is 0. The summed E-state index contributed by atoms with van der Waals surface area (Å²) in [6.07, 6.45) is 5.22. The maximum Gasteiger partial charge on any atom is 0.167 e. The predicted octanol–water partition coefficient (Wildman–Crippen LogP) is 2.90. The minimum Gasteiger partial charge on any atom is -0.487 e. The van der Waals surface area contributed by atoms with Crippen molar-refractivity contribution in [1.29, 1.82) is 0 Å². The Kier molecular flexibility index (Phi) is 4.50. The Hall–Kier alpha value is -3.00. The maximum atomic E-state index is 14.3. The number of carbonyl (C=O) groups excluding carboxylic acids is 1. The molecule has 7 nitrogen and oxygen atoms in total. The van der Waals surface area contributed by atoms with Crippen molar-refractivity contribution in [2.75, 3.05) is 11.9 Å². The molecule has 0 aliphatic carbocycles. The third-order valence-electron chi connectivity index (χ3n) is 5.10. The zero-order valence-electron chi connectivity index (χ0n) is 15.8. The van der Waals surface area contributed by atoms with E-state index in [9.17, 15) is 9.18 Å². The Labute approximate surface area is 161 Å². The van der Waals surface area contributed by atoms with Crippen LogP contribution in [-0.4, -0.2) is 33.0 Å². The van der Waals surface area contributed by atoms with Crippen LogP contribution in [-0.2, 0) is 6.42 Å². The van der Waals surface area contributed by atoms with Gasteiger partial charge in [-0.15, -0.1) is 0 Å². The fourth-order valence-corrected chi connectivity index (χ4v) is 3.73. The van der Waals surface area contributed by atoms with Gasteiger partial charge in [-0.25, -0.2) is 13.9 Å². The summed E-state index contributed by atoms with van der Waals surface area (Å²) in [6.45, 7) is 4.42. The molecule has 28 heavy (non-hydrogen) atoms. The topological polar surface area (TPSA) is 94.5 Å². The lowest BCUT2D eigenvalue weighted by atomic mass is 9.94. The number of hydrogen-bond acceptors (Lipinski definition) is 6. The molecule has 0 saturated carbocycles. The molecule has 3 aromatic rings. The van der Waals surface area contributed by atoms with Crippen molar-refractivity contribution in [3.63, 3.8) is 0 Å². The zero-order valence-corrected chi connectivity index (χ0v) is 15.8. The third kappa shape index (κ3) is 3.20. The normalized spacial score (nSPS) is 19.3. The van der Waals surface area contributed by atoms with Crippen molar-refractivity contribution in [1.82, 2.24) is 14.6 Å². The van der Waals surface area contributed by atoms with E-state index in [1.807, 2.05) is 13.8 Å². The first-order valence-corrected chi connectivity index (χ1v) is 9.20. The van der Waals surface area contributed by atoms with Gasteiger partial charge in [-0.05, 0) is 45.0 Å². The number of aldehydes is 1. The zero-order chi connectivity index (χ0) is 19.9. The Morgan fingerprint density at radius 3 is 3.07 bits per heavy atom. The SMILES string of the molecule is C[C@@H](Nc1ccn2ncc(C=O)c2n1)c1cc(F)cc2c1O[C@](C)(CCN)C2. The van der Waals surface area contributed by atoms with Crippen molar-refractivity contribution in [2.24, 2.45) is 5.73 Å². The monoisotopic (exact) mass is 383 g/mol. The van der Waals surface area contributed by atoms with Crippen LogP contribution >= 0.6 is 0 Å². The summed E-state index contributed by atoms with van der Waals surface area (Å²) in [7, 11) is 0. The highest BCUT2D eigenvalue weighted by molar-refractivity contribution is 5.84. The number of rotatable bonds is 6. The molecule has 2 atom stereocenters. The van der Waals surface area contributed by atoms with E-state index in [1.165, 1.54) is 22.8 Å². The van der Waals surface area contributed by atoms with Gasteiger partial charge in [0.15, 0.2) is 11.9 Å². The molecule has 4 rings (SSSR count). The quantitative estimate of drug-likeness (QED) is 0.636. The van der Waals surface area contributed by atoms with Crippen LogP contribution < -0.4 is 15.8 Å². The van der Waals surface area contributed by atoms with Gasteiger partial charge in [0.25, 0.3) is 0 Å². The number of aromatic nitrogens is 3. The van der Waals surface area contributed by atoms with Gasteiger partial charge in [0.2, 0.25) is 0 Å². The average molecular weight is 383 g/mol. The molecular formula is C20H22FN5O2. The van der Waals surface area contributed by atoms with E-state index in [0.717, 1.165) is 11.1 Å². The molecule has 0 unspecified atom stereocenters. The van der Waals surface area contributed by atoms with Crippen molar-refractivity contribution in [3.8, 4) is 5.75 Å². The molecule has 0 amide bonds. The van der Waals surface area contributed by atoms with E-state index >= 15 is 0 Å². The van der Waals surface area contributed by atoms with Crippen LogP contribution in [0.2, 0.25) is 0 Å². The highest BCUT2D eigenvalue weighted by atomic mass is 19.1. The highest BCUT2D eigenvalue weighted by Crippen LogP contribution is 2.42. The van der Waals surface area contributed by atoms with Crippen molar-refractivity contribution >= 4 is 17.8 Å². The molecule has 8 heteroatoms. The van der Waals surface area contributed by atoms with Crippen LogP contribution in [0.4, 0.5) is 10.2 Å². The molecular weight excluding hydrogens is 361 g/mol. The first kappa shape index (κ1) is 18.4. The number of anilines is 1. The Balaban J connectivity index is 1.65. The van der Waals surface area contributed by atoms with Crippen molar-refractivity contribution in [2.45, 2.75) is 38.3 Å². The molecule has 2 aromatic heterocycles. The Morgan fingerprint density at radius 1 is 1.50 bits per heavy atom. The molecule has 146 valence electrons. The largest absolute Gasteiger partial charge is 0.487 e. The number of ether oxygens (including phenoxy) is 1. The molecule has 0 saturated heterocycles. The van der Waals surface area contributed by atoms with Gasteiger partial charge in [0, 0.05) is 23.7 Å². The van der Waals surface area contributed by atoms with Gasteiger partial charge in [-0.1, -0.05) is 0 Å². The van der Waals surface area contributed by atoms with E-state index < -0.39 is 5.60 Å². The second-order valence-corrected chi connectivity index (χ2v) is 7.42. The second-order valence-electron chi connectivity index (χ2n) is 7.42. The predicted molar refractivity (Wildman–Crippen MR) is 103 cm³/mol. The molecule has 3 N–H and O–H groups in total. The number of nitrogens with one attached hydrogen (secondary N) is 1. The molecule has 0 spiro atoms. The molecule has 3 heterocycles. The number of nitrogens with two attached hydrogens (primary N) is 1. The van der Waals surface area contributed by atoms with Gasteiger partial charge in [0.05, 0.1) is 17.8 Å². The van der Waals surface area contributed by atoms with Gasteiger partial charge < -0.3 is 15.8 Å². The molecule has 1 aliphatic rings. The smallest absolute Gasteiger partial charge is 0.167 e. The van der Waals surface area contributed by atoms with Crippen LogP contribution in [0.3, 0.4) is 0 Å². The van der Waals surface area contributed by atoms with Crippen LogP contribution in [0, 0.1) is 5.82 Å². The van der Waals surface area contributed by atoms with Gasteiger partial charge >= 0.3 is 0 Å². The van der Waals surface area contributed by atoms with Gasteiger partial charge in [0.1, 0.15) is 23.0 Å². The Bertz CT molecular complexity index is 1050. The first-order chi connectivity index (χ1) is 13.4. The van der Waals surface area contributed by atoms with E-state index in [0.29, 0.717) is 48.5 Å². The Morgan fingerprint density at radius 2 is 2.32 bits per heavy atom. The second kappa shape index (κ2) is 6.87. The van der Waals surface area contributed by atoms with Crippen molar-refractivity contribution < 1.29 is 13.9 Å². The standard InChI is InChI=1S/C20H22FN5O2/c1-12(24-17-3-6-26-19(25-17)14(11-27)10-23-26)16-8-15(21)7-13-9-20(2,4-5-22)28-18(13)16/h3,6-8,10-12H,4-5,9,22H2,1-2H3,(H,24,25)/t12-,20-/m1/s1. The van der Waals surface area contributed by atoms with Crippen LogP contribution in [0.5, 0.6) is 5.75 Å². The summed E-state index contributed by atoms with van der Waals surface area (Å²) in [6, 6.07) is 4.51. The third-order valence-corrected chi connectivity index (χ3v) is 5.10. The molecule has 0 fully saturated rings. The van der Waals surface area contributed by atoms with E-state index in [4.69, 9.17) is 10.5 Å². The van der Waals surface area contributed by atoms with E-state index in [1.54, 1.807) is 12.3 Å². The summed E-state index contributed by atoms with van der Waals surface area (Å²) < 4.78 is 22.0. The number of benzene rings is 1. The number of hydrogen-bond donors (Lipinski definition) is 2. The average Bonchev–Trinajstić information content (AvgIpc) is 3.20. The molecule has 1 aliphatic heterocycles. The fourth-order valence-electron chi connectivity index (χ4n) is 3.73. The first-order valence-electron chi connectivity index (χ1n) is 9.20. The van der Waals surface area contributed by atoms with E-state index in [2.05, 4.69) is 15.4 Å². The fraction of sp³-hybridized carbons (Fsp3) is 0.350. The summed E-state index contributed by atoms with van der Waals surface area (Å²) in [4.78, 5) is 15.6.